The second-order valence-electron chi connectivity index (χ2n) is 4.91. The Morgan fingerprint density at radius 3 is 2.19 bits per heavy atom. The first-order chi connectivity index (χ1) is 10.3. The molecule has 1 fully saturated rings. The van der Waals surface area contributed by atoms with Crippen molar-refractivity contribution < 1.29 is 14.2 Å². The number of methoxy groups -OCH3 is 3. The lowest BCUT2D eigenvalue weighted by atomic mass is 10.1. The number of hydrogen-bond acceptors (Lipinski definition) is 5. The Morgan fingerprint density at radius 1 is 1.05 bits per heavy atom. The first-order valence-corrected chi connectivity index (χ1v) is 7.18. The topological polar surface area (TPSA) is 43.0 Å². The van der Waals surface area contributed by atoms with E-state index in [1.165, 1.54) is 0 Å². The number of hydrogen-bond donors (Lipinski definition) is 1. The van der Waals surface area contributed by atoms with Gasteiger partial charge in [-0.25, -0.2) is 0 Å². The molecule has 1 saturated heterocycles. The summed E-state index contributed by atoms with van der Waals surface area (Å²) >= 11 is 0. The predicted octanol–water partition coefficient (Wildman–Crippen LogP) is 1.63. The van der Waals surface area contributed by atoms with Crippen LogP contribution in [0.5, 0.6) is 17.2 Å². The summed E-state index contributed by atoms with van der Waals surface area (Å²) in [6.45, 7) is 5.29. The van der Waals surface area contributed by atoms with Crippen molar-refractivity contribution in [1.82, 2.24) is 10.2 Å². The average molecular weight is 292 g/mol. The first kappa shape index (κ1) is 15.7. The van der Waals surface area contributed by atoms with Gasteiger partial charge in [0, 0.05) is 32.7 Å². The largest absolute Gasteiger partial charge is 0.493 e. The second kappa shape index (κ2) is 7.90. The zero-order valence-electron chi connectivity index (χ0n) is 13.0. The highest BCUT2D eigenvalue weighted by Gasteiger charge is 2.12. The third kappa shape index (κ3) is 4.12. The van der Waals surface area contributed by atoms with Crippen LogP contribution in [0.2, 0.25) is 0 Å². The lowest BCUT2D eigenvalue weighted by Crippen LogP contribution is -2.43. The Bertz CT molecular complexity index is 457. The van der Waals surface area contributed by atoms with Crippen molar-refractivity contribution in [3.05, 3.63) is 23.8 Å². The van der Waals surface area contributed by atoms with E-state index in [2.05, 4.69) is 22.4 Å². The number of nitrogens with zero attached hydrogens (tertiary/aromatic N) is 1. The highest BCUT2D eigenvalue weighted by atomic mass is 16.5. The van der Waals surface area contributed by atoms with Gasteiger partial charge in [-0.05, 0) is 17.7 Å². The van der Waals surface area contributed by atoms with Gasteiger partial charge in [0.25, 0.3) is 0 Å². The molecule has 21 heavy (non-hydrogen) atoms. The number of nitrogens with one attached hydrogen (secondary N) is 1. The summed E-state index contributed by atoms with van der Waals surface area (Å²) in [7, 11) is 4.87. The zero-order valence-corrected chi connectivity index (χ0v) is 13.0. The van der Waals surface area contributed by atoms with E-state index in [0.29, 0.717) is 17.2 Å². The minimum Gasteiger partial charge on any atom is -0.493 e. The van der Waals surface area contributed by atoms with E-state index >= 15 is 0 Å². The Labute approximate surface area is 126 Å². The third-order valence-electron chi connectivity index (χ3n) is 3.57. The molecule has 0 bridgehead atoms. The Morgan fingerprint density at radius 2 is 1.67 bits per heavy atom. The van der Waals surface area contributed by atoms with E-state index in [4.69, 9.17) is 14.2 Å². The zero-order chi connectivity index (χ0) is 15.1. The molecular formula is C16H24N2O3. The van der Waals surface area contributed by atoms with Crippen LogP contribution < -0.4 is 19.5 Å². The van der Waals surface area contributed by atoms with Crippen molar-refractivity contribution in [1.29, 1.82) is 0 Å². The maximum Gasteiger partial charge on any atom is 0.203 e. The fourth-order valence-corrected chi connectivity index (χ4v) is 2.43. The second-order valence-corrected chi connectivity index (χ2v) is 4.91. The molecule has 1 aliphatic heterocycles. The van der Waals surface area contributed by atoms with Gasteiger partial charge in [0.15, 0.2) is 11.5 Å². The predicted molar refractivity (Wildman–Crippen MR) is 84.4 cm³/mol. The molecule has 0 aromatic heterocycles. The van der Waals surface area contributed by atoms with E-state index in [9.17, 15) is 0 Å². The maximum atomic E-state index is 5.36. The molecule has 1 aliphatic rings. The number of rotatable bonds is 6. The number of ether oxygens (including phenoxy) is 3. The van der Waals surface area contributed by atoms with Crippen molar-refractivity contribution >= 4 is 6.08 Å². The molecule has 0 spiro atoms. The molecule has 1 N–H and O–H groups in total. The maximum absolute atomic E-state index is 5.36. The van der Waals surface area contributed by atoms with Crippen molar-refractivity contribution in [2.24, 2.45) is 0 Å². The Kier molecular flexibility index (Phi) is 5.90. The summed E-state index contributed by atoms with van der Waals surface area (Å²) in [5.41, 5.74) is 1.04. The molecule has 116 valence electrons. The average Bonchev–Trinajstić information content (AvgIpc) is 2.54. The van der Waals surface area contributed by atoms with E-state index < -0.39 is 0 Å². The SMILES string of the molecule is COc1cc(C=CCN2CCNCC2)cc(OC)c1OC. The molecule has 5 nitrogen and oxygen atoms in total. The van der Waals surface area contributed by atoms with Crippen LogP contribution in [-0.4, -0.2) is 59.0 Å². The van der Waals surface area contributed by atoms with E-state index in [0.717, 1.165) is 38.3 Å². The van der Waals surface area contributed by atoms with Crippen LogP contribution in [0, 0.1) is 0 Å². The van der Waals surface area contributed by atoms with E-state index in [-0.39, 0.29) is 0 Å². The fraction of sp³-hybridized carbons (Fsp3) is 0.500. The van der Waals surface area contributed by atoms with Gasteiger partial charge in [0.05, 0.1) is 21.3 Å². The first-order valence-electron chi connectivity index (χ1n) is 7.18. The van der Waals surface area contributed by atoms with Gasteiger partial charge in [-0.3, -0.25) is 4.90 Å². The minimum atomic E-state index is 0.624. The normalized spacial score (nSPS) is 16.1. The Balaban J connectivity index is 2.08. The van der Waals surface area contributed by atoms with Gasteiger partial charge in [-0.2, -0.15) is 0 Å². The van der Waals surface area contributed by atoms with E-state index in [1.54, 1.807) is 21.3 Å². The lowest BCUT2D eigenvalue weighted by molar-refractivity contribution is 0.265. The molecular weight excluding hydrogens is 268 g/mol. The van der Waals surface area contributed by atoms with Gasteiger partial charge in [-0.1, -0.05) is 12.2 Å². The molecule has 1 aromatic carbocycles. The molecule has 0 radical (unpaired) electrons. The van der Waals surface area contributed by atoms with Gasteiger partial charge >= 0.3 is 0 Å². The highest BCUT2D eigenvalue weighted by Crippen LogP contribution is 2.38. The third-order valence-corrected chi connectivity index (χ3v) is 3.57. The molecule has 0 atom stereocenters. The summed E-state index contributed by atoms with van der Waals surface area (Å²) < 4.78 is 16.0. The smallest absolute Gasteiger partial charge is 0.203 e. The summed E-state index contributed by atoms with van der Waals surface area (Å²) in [6, 6.07) is 3.91. The molecule has 2 rings (SSSR count). The van der Waals surface area contributed by atoms with Crippen molar-refractivity contribution in [2.75, 3.05) is 54.1 Å². The van der Waals surface area contributed by atoms with Crippen molar-refractivity contribution in [3.63, 3.8) is 0 Å². The lowest BCUT2D eigenvalue weighted by Gasteiger charge is -2.25. The Hall–Kier alpha value is -1.72. The summed E-state index contributed by atoms with van der Waals surface area (Å²) in [6.07, 6.45) is 4.26. The molecule has 0 saturated carbocycles. The highest BCUT2D eigenvalue weighted by molar-refractivity contribution is 5.62. The number of benzene rings is 1. The van der Waals surface area contributed by atoms with Crippen LogP contribution >= 0.6 is 0 Å². The summed E-state index contributed by atoms with van der Waals surface area (Å²) in [5.74, 6) is 1.98. The quantitative estimate of drug-likeness (QED) is 0.863. The fourth-order valence-electron chi connectivity index (χ4n) is 2.43. The van der Waals surface area contributed by atoms with Crippen LogP contribution in [-0.2, 0) is 0 Å². The number of piperazine rings is 1. The van der Waals surface area contributed by atoms with Gasteiger partial charge < -0.3 is 19.5 Å². The summed E-state index contributed by atoms with van der Waals surface area (Å²) in [5, 5.41) is 3.35. The van der Waals surface area contributed by atoms with Crippen LogP contribution in [0.25, 0.3) is 6.08 Å². The van der Waals surface area contributed by atoms with Gasteiger partial charge in [-0.15, -0.1) is 0 Å². The minimum absolute atomic E-state index is 0.624. The van der Waals surface area contributed by atoms with Crippen molar-refractivity contribution in [2.45, 2.75) is 0 Å². The van der Waals surface area contributed by atoms with E-state index in [1.807, 2.05) is 12.1 Å². The van der Waals surface area contributed by atoms with Crippen LogP contribution in [0.1, 0.15) is 5.56 Å². The molecule has 0 amide bonds. The van der Waals surface area contributed by atoms with Crippen molar-refractivity contribution in [3.8, 4) is 17.2 Å². The van der Waals surface area contributed by atoms with Crippen LogP contribution in [0.3, 0.4) is 0 Å². The molecule has 1 aromatic rings. The standard InChI is InChI=1S/C16H24N2O3/c1-19-14-11-13(12-15(20-2)16(14)21-3)5-4-8-18-9-6-17-7-10-18/h4-5,11-12,17H,6-10H2,1-3H3. The molecule has 0 unspecified atom stereocenters. The monoisotopic (exact) mass is 292 g/mol. The van der Waals surface area contributed by atoms with Crippen LogP contribution in [0.15, 0.2) is 18.2 Å². The molecule has 1 heterocycles. The molecule has 5 heteroatoms. The van der Waals surface area contributed by atoms with Gasteiger partial charge in [0.1, 0.15) is 0 Å². The molecule has 0 aliphatic carbocycles. The summed E-state index contributed by atoms with van der Waals surface area (Å²) in [4.78, 5) is 2.42. The van der Waals surface area contributed by atoms with Crippen LogP contribution in [0.4, 0.5) is 0 Å². The van der Waals surface area contributed by atoms with Gasteiger partial charge in [0.2, 0.25) is 5.75 Å².